The average molecular weight is 362 g/mol. The topological polar surface area (TPSA) is 88.7 Å². The van der Waals surface area contributed by atoms with E-state index < -0.39 is 6.03 Å². The lowest BCUT2D eigenvalue weighted by molar-refractivity contribution is -0.116. The number of nitrogens with one attached hydrogen (secondary N) is 3. The molecule has 0 spiro atoms. The van der Waals surface area contributed by atoms with Crippen LogP contribution in [0, 0.1) is 0 Å². The molecule has 0 aromatic heterocycles. The van der Waals surface area contributed by atoms with Crippen LogP contribution in [-0.2, 0) is 4.79 Å². The summed E-state index contributed by atoms with van der Waals surface area (Å²) in [5.41, 5.74) is 1.23. The third-order valence-corrected chi connectivity index (χ3v) is 3.65. The van der Waals surface area contributed by atoms with Crippen LogP contribution in [0.5, 0.6) is 11.5 Å². The number of urea groups is 1. The summed E-state index contributed by atoms with van der Waals surface area (Å²) >= 11 is 5.78. The highest BCUT2D eigenvalue weighted by atomic mass is 35.5. The van der Waals surface area contributed by atoms with Crippen molar-refractivity contribution in [3.05, 3.63) is 47.5 Å². The predicted molar refractivity (Wildman–Crippen MR) is 94.3 cm³/mol. The second kappa shape index (κ2) is 7.76. The molecule has 0 bridgehead atoms. The Balaban J connectivity index is 1.40. The highest BCUT2D eigenvalue weighted by Crippen LogP contribution is 2.34. The predicted octanol–water partition coefficient (Wildman–Crippen LogP) is 3.22. The molecular formula is C17H16ClN3O4. The van der Waals surface area contributed by atoms with E-state index in [-0.39, 0.29) is 25.7 Å². The summed E-state index contributed by atoms with van der Waals surface area (Å²) < 4.78 is 10.5. The molecule has 0 saturated carbocycles. The minimum atomic E-state index is -0.391. The summed E-state index contributed by atoms with van der Waals surface area (Å²) in [6, 6.07) is 11.5. The number of carbonyl (C=O) groups excluding carboxylic acids is 2. The molecule has 3 amide bonds. The van der Waals surface area contributed by atoms with Gasteiger partial charge in [-0.25, -0.2) is 4.79 Å². The first-order valence-corrected chi connectivity index (χ1v) is 7.98. The van der Waals surface area contributed by atoms with Crippen molar-refractivity contribution in [3.8, 4) is 11.5 Å². The van der Waals surface area contributed by atoms with Crippen LogP contribution in [0.4, 0.5) is 16.2 Å². The minimum absolute atomic E-state index is 0.141. The molecular weight excluding hydrogens is 346 g/mol. The smallest absolute Gasteiger partial charge is 0.319 e. The molecule has 0 aliphatic carbocycles. The number of benzene rings is 2. The number of anilines is 2. The van der Waals surface area contributed by atoms with Crippen molar-refractivity contribution in [2.24, 2.45) is 0 Å². The molecule has 7 nitrogen and oxygen atoms in total. The Bertz CT molecular complexity index is 780. The molecule has 0 saturated heterocycles. The first kappa shape index (κ1) is 16.9. The number of carbonyl (C=O) groups is 2. The van der Waals surface area contributed by atoms with Gasteiger partial charge in [0.15, 0.2) is 11.5 Å². The molecule has 0 unspecified atom stereocenters. The fraction of sp³-hybridized carbons (Fsp3) is 0.176. The van der Waals surface area contributed by atoms with E-state index >= 15 is 0 Å². The van der Waals surface area contributed by atoms with Gasteiger partial charge in [-0.2, -0.15) is 0 Å². The van der Waals surface area contributed by atoms with Crippen molar-refractivity contribution >= 4 is 34.9 Å². The number of amides is 3. The van der Waals surface area contributed by atoms with Gasteiger partial charge in [-0.1, -0.05) is 11.6 Å². The molecule has 3 N–H and O–H groups in total. The standard InChI is InChI=1S/C17H16ClN3O4/c18-11-1-3-12(4-2-11)21-17(23)19-8-7-16(22)20-13-5-6-14-15(9-13)25-10-24-14/h1-6,9H,7-8,10H2,(H,20,22)(H2,19,21,23). The number of halogens is 1. The lowest BCUT2D eigenvalue weighted by Gasteiger charge is -2.08. The second-order valence-corrected chi connectivity index (χ2v) is 5.69. The maximum absolute atomic E-state index is 11.9. The summed E-state index contributed by atoms with van der Waals surface area (Å²) in [7, 11) is 0. The maximum atomic E-state index is 11.9. The van der Waals surface area contributed by atoms with E-state index in [0.717, 1.165) is 0 Å². The van der Waals surface area contributed by atoms with Gasteiger partial charge in [0.2, 0.25) is 12.7 Å². The summed E-state index contributed by atoms with van der Waals surface area (Å²) in [5.74, 6) is 1.03. The van der Waals surface area contributed by atoms with Gasteiger partial charge in [0.05, 0.1) is 0 Å². The lowest BCUT2D eigenvalue weighted by Crippen LogP contribution is -2.31. The summed E-state index contributed by atoms with van der Waals surface area (Å²) in [4.78, 5) is 23.7. The first-order valence-electron chi connectivity index (χ1n) is 7.60. The Labute approximate surface area is 149 Å². The Kier molecular flexibility index (Phi) is 5.25. The van der Waals surface area contributed by atoms with Crippen LogP contribution in [0.25, 0.3) is 0 Å². The zero-order valence-corrected chi connectivity index (χ0v) is 13.9. The van der Waals surface area contributed by atoms with Crippen LogP contribution >= 0.6 is 11.6 Å². The van der Waals surface area contributed by atoms with Crippen LogP contribution in [-0.4, -0.2) is 25.3 Å². The van der Waals surface area contributed by atoms with E-state index in [1.807, 2.05) is 0 Å². The van der Waals surface area contributed by atoms with Crippen LogP contribution in [0.3, 0.4) is 0 Å². The number of hydrogen-bond acceptors (Lipinski definition) is 4. The zero-order valence-electron chi connectivity index (χ0n) is 13.2. The molecule has 8 heteroatoms. The van der Waals surface area contributed by atoms with E-state index in [4.69, 9.17) is 21.1 Å². The highest BCUT2D eigenvalue weighted by Gasteiger charge is 2.14. The Morgan fingerprint density at radius 1 is 0.960 bits per heavy atom. The van der Waals surface area contributed by atoms with Crippen molar-refractivity contribution in [1.29, 1.82) is 0 Å². The van der Waals surface area contributed by atoms with Crippen molar-refractivity contribution in [1.82, 2.24) is 5.32 Å². The Morgan fingerprint density at radius 3 is 2.48 bits per heavy atom. The number of hydrogen-bond donors (Lipinski definition) is 3. The van der Waals surface area contributed by atoms with Gasteiger partial charge in [0, 0.05) is 35.4 Å². The van der Waals surface area contributed by atoms with Gasteiger partial charge in [0.1, 0.15) is 0 Å². The van der Waals surface area contributed by atoms with Crippen LogP contribution in [0.15, 0.2) is 42.5 Å². The molecule has 2 aromatic carbocycles. The van der Waals surface area contributed by atoms with Crippen molar-refractivity contribution in [2.75, 3.05) is 24.0 Å². The summed E-state index contributed by atoms with van der Waals surface area (Å²) in [5, 5.41) is 8.60. The fourth-order valence-electron chi connectivity index (χ4n) is 2.20. The van der Waals surface area contributed by atoms with Gasteiger partial charge in [-0.3, -0.25) is 4.79 Å². The highest BCUT2D eigenvalue weighted by molar-refractivity contribution is 6.30. The minimum Gasteiger partial charge on any atom is -0.454 e. The zero-order chi connectivity index (χ0) is 17.6. The largest absolute Gasteiger partial charge is 0.454 e. The van der Waals surface area contributed by atoms with Crippen LogP contribution in [0.2, 0.25) is 5.02 Å². The van der Waals surface area contributed by atoms with Gasteiger partial charge in [0.25, 0.3) is 0 Å². The Hall–Kier alpha value is -2.93. The third kappa shape index (κ3) is 4.77. The molecule has 1 aliphatic heterocycles. The number of rotatable bonds is 5. The molecule has 1 heterocycles. The molecule has 3 rings (SSSR count). The van der Waals surface area contributed by atoms with Gasteiger partial charge < -0.3 is 25.4 Å². The molecule has 1 aliphatic rings. The number of fused-ring (bicyclic) bond motifs is 1. The molecule has 25 heavy (non-hydrogen) atoms. The number of ether oxygens (including phenoxy) is 2. The summed E-state index contributed by atoms with van der Waals surface area (Å²) in [6.45, 7) is 0.384. The monoisotopic (exact) mass is 361 g/mol. The van der Waals surface area contributed by atoms with Gasteiger partial charge >= 0.3 is 6.03 Å². The van der Waals surface area contributed by atoms with E-state index in [2.05, 4.69) is 16.0 Å². The van der Waals surface area contributed by atoms with E-state index in [1.165, 1.54) is 0 Å². The van der Waals surface area contributed by atoms with Crippen molar-refractivity contribution in [2.45, 2.75) is 6.42 Å². The quantitative estimate of drug-likeness (QED) is 0.763. The molecule has 0 radical (unpaired) electrons. The SMILES string of the molecule is O=C(CCNC(=O)Nc1ccc(Cl)cc1)Nc1ccc2c(c1)OCO2. The van der Waals surface area contributed by atoms with Crippen LogP contribution in [0.1, 0.15) is 6.42 Å². The normalized spacial score (nSPS) is 11.7. The average Bonchev–Trinajstić information content (AvgIpc) is 3.04. The second-order valence-electron chi connectivity index (χ2n) is 5.25. The lowest BCUT2D eigenvalue weighted by atomic mass is 10.2. The fourth-order valence-corrected chi connectivity index (χ4v) is 2.32. The van der Waals surface area contributed by atoms with Gasteiger partial charge in [-0.15, -0.1) is 0 Å². The molecule has 130 valence electrons. The van der Waals surface area contributed by atoms with Crippen LogP contribution < -0.4 is 25.4 Å². The van der Waals surface area contributed by atoms with Gasteiger partial charge in [-0.05, 0) is 36.4 Å². The van der Waals surface area contributed by atoms with Crippen molar-refractivity contribution in [3.63, 3.8) is 0 Å². The third-order valence-electron chi connectivity index (χ3n) is 3.40. The maximum Gasteiger partial charge on any atom is 0.319 e. The van der Waals surface area contributed by atoms with Crippen molar-refractivity contribution < 1.29 is 19.1 Å². The first-order chi connectivity index (χ1) is 12.1. The molecule has 0 atom stereocenters. The van der Waals surface area contributed by atoms with E-state index in [9.17, 15) is 9.59 Å². The molecule has 2 aromatic rings. The van der Waals surface area contributed by atoms with E-state index in [1.54, 1.807) is 42.5 Å². The Morgan fingerprint density at radius 2 is 1.68 bits per heavy atom. The summed E-state index contributed by atoms with van der Waals surface area (Å²) in [6.07, 6.45) is 0.141. The van der Waals surface area contributed by atoms with E-state index in [0.29, 0.717) is 27.9 Å². The molecule has 0 fully saturated rings.